The van der Waals surface area contributed by atoms with Crippen molar-refractivity contribution in [3.05, 3.63) is 47.7 Å². The maximum atomic E-state index is 4.98. The first-order valence-corrected chi connectivity index (χ1v) is 9.16. The van der Waals surface area contributed by atoms with Crippen molar-refractivity contribution < 1.29 is 0 Å². The second-order valence-electron chi connectivity index (χ2n) is 6.76. The van der Waals surface area contributed by atoms with Gasteiger partial charge in [0.25, 0.3) is 0 Å². The van der Waals surface area contributed by atoms with Gasteiger partial charge in [-0.1, -0.05) is 30.3 Å². The number of aryl methyl sites for hydroxylation is 1. The van der Waals surface area contributed by atoms with Gasteiger partial charge < -0.3 is 14.8 Å². The van der Waals surface area contributed by atoms with Gasteiger partial charge in [0.2, 0.25) is 5.95 Å². The van der Waals surface area contributed by atoms with Gasteiger partial charge in [-0.15, -0.1) is 0 Å². The van der Waals surface area contributed by atoms with Crippen LogP contribution in [0.2, 0.25) is 0 Å². The fourth-order valence-electron chi connectivity index (χ4n) is 3.55. The smallest absolute Gasteiger partial charge is 0.229 e. The Morgan fingerprint density at radius 1 is 1.12 bits per heavy atom. The number of nitrogens with one attached hydrogen (secondary N) is 1. The van der Waals surface area contributed by atoms with Gasteiger partial charge in [0.05, 0.1) is 5.39 Å². The van der Waals surface area contributed by atoms with Gasteiger partial charge in [-0.2, -0.15) is 9.97 Å². The highest BCUT2D eigenvalue weighted by atomic mass is 15.3. The molecular weight excluding hydrogens is 310 g/mol. The molecule has 0 atom stereocenters. The molecular formula is C20H25N5. The first kappa shape index (κ1) is 15.9. The van der Waals surface area contributed by atoms with E-state index in [1.54, 1.807) is 0 Å². The summed E-state index contributed by atoms with van der Waals surface area (Å²) in [6.45, 7) is 8.13. The Hall–Kier alpha value is -2.56. The number of aromatic amines is 1. The first-order chi connectivity index (χ1) is 12.2. The summed E-state index contributed by atoms with van der Waals surface area (Å²) in [6, 6.07) is 12.7. The summed E-state index contributed by atoms with van der Waals surface area (Å²) in [6.07, 6.45) is 2.45. The van der Waals surface area contributed by atoms with Crippen LogP contribution < -0.4 is 9.80 Å². The van der Waals surface area contributed by atoms with Crippen LogP contribution in [0.3, 0.4) is 0 Å². The van der Waals surface area contributed by atoms with Crippen LogP contribution in [0.25, 0.3) is 11.0 Å². The summed E-state index contributed by atoms with van der Waals surface area (Å²) in [5.74, 6) is 1.89. The van der Waals surface area contributed by atoms with Gasteiger partial charge in [-0.05, 0) is 38.3 Å². The lowest BCUT2D eigenvalue weighted by Crippen LogP contribution is -2.26. The molecule has 25 heavy (non-hydrogen) atoms. The average molecular weight is 335 g/mol. The predicted octanol–water partition coefficient (Wildman–Crippen LogP) is 3.89. The average Bonchev–Trinajstić information content (AvgIpc) is 3.28. The minimum Gasteiger partial charge on any atom is -0.352 e. The highest BCUT2D eigenvalue weighted by molar-refractivity contribution is 5.89. The SMILES string of the molecule is CCN(Cc1ccccc1)c1nc(N2CCCC2)nc2[nH]c(C)cc12. The molecule has 1 N–H and O–H groups in total. The summed E-state index contributed by atoms with van der Waals surface area (Å²) in [4.78, 5) is 17.8. The highest BCUT2D eigenvalue weighted by Gasteiger charge is 2.20. The monoisotopic (exact) mass is 335 g/mol. The second kappa shape index (κ2) is 6.75. The molecule has 1 aliphatic heterocycles. The summed E-state index contributed by atoms with van der Waals surface area (Å²) >= 11 is 0. The van der Waals surface area contributed by atoms with Crippen LogP contribution in [0.5, 0.6) is 0 Å². The van der Waals surface area contributed by atoms with E-state index in [0.29, 0.717) is 0 Å². The van der Waals surface area contributed by atoms with Crippen molar-refractivity contribution in [2.45, 2.75) is 33.2 Å². The van der Waals surface area contributed by atoms with Crippen LogP contribution in [0.15, 0.2) is 36.4 Å². The molecule has 3 heterocycles. The predicted molar refractivity (Wildman–Crippen MR) is 103 cm³/mol. The molecule has 0 saturated carbocycles. The van der Waals surface area contributed by atoms with Crippen LogP contribution in [0.4, 0.5) is 11.8 Å². The number of anilines is 2. The molecule has 4 rings (SSSR count). The number of fused-ring (bicyclic) bond motifs is 1. The summed E-state index contributed by atoms with van der Waals surface area (Å²) in [7, 11) is 0. The Bertz CT molecular complexity index is 849. The molecule has 5 heteroatoms. The molecule has 0 radical (unpaired) electrons. The van der Waals surface area contributed by atoms with E-state index in [2.05, 4.69) is 65.0 Å². The molecule has 2 aromatic heterocycles. The number of nitrogens with zero attached hydrogens (tertiary/aromatic N) is 4. The minimum absolute atomic E-state index is 0.854. The summed E-state index contributed by atoms with van der Waals surface area (Å²) in [5.41, 5.74) is 3.36. The van der Waals surface area contributed by atoms with Crippen LogP contribution >= 0.6 is 0 Å². The van der Waals surface area contributed by atoms with Gasteiger partial charge >= 0.3 is 0 Å². The van der Waals surface area contributed by atoms with Gasteiger partial charge in [-0.25, -0.2) is 0 Å². The number of rotatable bonds is 5. The Morgan fingerprint density at radius 3 is 2.60 bits per heavy atom. The van der Waals surface area contributed by atoms with Gasteiger partial charge in [0, 0.05) is 31.9 Å². The third-order valence-electron chi connectivity index (χ3n) is 4.88. The Labute approximate surface area is 148 Å². The summed E-state index contributed by atoms with van der Waals surface area (Å²) < 4.78 is 0. The molecule has 0 aliphatic carbocycles. The Balaban J connectivity index is 1.77. The number of hydrogen-bond donors (Lipinski definition) is 1. The van der Waals surface area contributed by atoms with E-state index in [-0.39, 0.29) is 0 Å². The molecule has 3 aromatic rings. The van der Waals surface area contributed by atoms with E-state index >= 15 is 0 Å². The fourth-order valence-corrected chi connectivity index (χ4v) is 3.55. The number of H-pyrrole nitrogens is 1. The minimum atomic E-state index is 0.854. The second-order valence-corrected chi connectivity index (χ2v) is 6.76. The van der Waals surface area contributed by atoms with E-state index in [1.807, 2.05) is 0 Å². The van der Waals surface area contributed by atoms with E-state index in [0.717, 1.165) is 54.7 Å². The van der Waals surface area contributed by atoms with Crippen LogP contribution in [-0.2, 0) is 6.54 Å². The molecule has 0 unspecified atom stereocenters. The molecule has 1 fully saturated rings. The van der Waals surface area contributed by atoms with Crippen molar-refractivity contribution in [3.8, 4) is 0 Å². The quantitative estimate of drug-likeness (QED) is 0.768. The Morgan fingerprint density at radius 2 is 1.88 bits per heavy atom. The van der Waals surface area contributed by atoms with E-state index in [9.17, 15) is 0 Å². The molecule has 130 valence electrons. The lowest BCUT2D eigenvalue weighted by Gasteiger charge is -2.25. The molecule has 0 spiro atoms. The third-order valence-corrected chi connectivity index (χ3v) is 4.88. The zero-order valence-electron chi connectivity index (χ0n) is 15.0. The zero-order chi connectivity index (χ0) is 17.2. The maximum Gasteiger partial charge on any atom is 0.229 e. The van der Waals surface area contributed by atoms with E-state index in [4.69, 9.17) is 9.97 Å². The lowest BCUT2D eigenvalue weighted by atomic mass is 10.2. The number of benzene rings is 1. The molecule has 1 saturated heterocycles. The lowest BCUT2D eigenvalue weighted by molar-refractivity contribution is 0.808. The Kier molecular flexibility index (Phi) is 4.30. The third kappa shape index (κ3) is 3.18. The van der Waals surface area contributed by atoms with Crippen molar-refractivity contribution >= 4 is 22.8 Å². The molecule has 0 amide bonds. The standard InChI is InChI=1S/C20H25N5/c1-3-24(14-16-9-5-4-6-10-16)19-17-13-15(2)21-18(17)22-20(23-19)25-11-7-8-12-25/h4-6,9-10,13H,3,7-8,11-12,14H2,1-2H3,(H,21,22,23). The van der Waals surface area contributed by atoms with E-state index < -0.39 is 0 Å². The molecule has 5 nitrogen and oxygen atoms in total. The van der Waals surface area contributed by atoms with Crippen LogP contribution in [0.1, 0.15) is 31.0 Å². The summed E-state index contributed by atoms with van der Waals surface area (Å²) in [5, 5.41) is 1.11. The molecule has 1 aromatic carbocycles. The van der Waals surface area contributed by atoms with Gasteiger partial charge in [0.1, 0.15) is 11.5 Å². The van der Waals surface area contributed by atoms with Crippen molar-refractivity contribution in [3.63, 3.8) is 0 Å². The number of hydrogen-bond acceptors (Lipinski definition) is 4. The van der Waals surface area contributed by atoms with Crippen LogP contribution in [0, 0.1) is 6.92 Å². The van der Waals surface area contributed by atoms with Crippen molar-refractivity contribution in [1.29, 1.82) is 0 Å². The van der Waals surface area contributed by atoms with Crippen molar-refractivity contribution in [2.75, 3.05) is 29.4 Å². The number of aromatic nitrogens is 3. The largest absolute Gasteiger partial charge is 0.352 e. The van der Waals surface area contributed by atoms with Crippen LogP contribution in [-0.4, -0.2) is 34.6 Å². The topological polar surface area (TPSA) is 48.1 Å². The fraction of sp³-hybridized carbons (Fsp3) is 0.400. The van der Waals surface area contributed by atoms with Crippen molar-refractivity contribution in [2.24, 2.45) is 0 Å². The van der Waals surface area contributed by atoms with Gasteiger partial charge in [0.15, 0.2) is 0 Å². The first-order valence-electron chi connectivity index (χ1n) is 9.16. The molecule has 0 bridgehead atoms. The highest BCUT2D eigenvalue weighted by Crippen LogP contribution is 2.29. The maximum absolute atomic E-state index is 4.98. The zero-order valence-corrected chi connectivity index (χ0v) is 15.0. The normalized spacial score (nSPS) is 14.4. The van der Waals surface area contributed by atoms with Crippen molar-refractivity contribution in [1.82, 2.24) is 15.0 Å². The van der Waals surface area contributed by atoms with E-state index in [1.165, 1.54) is 18.4 Å². The molecule has 1 aliphatic rings. The van der Waals surface area contributed by atoms with Gasteiger partial charge in [-0.3, -0.25) is 0 Å².